The molecule has 15 heavy (non-hydrogen) atoms. The van der Waals surface area contributed by atoms with E-state index < -0.39 is 23.1 Å². The van der Waals surface area contributed by atoms with Crippen LogP contribution in [-0.2, 0) is 0 Å². The van der Waals surface area contributed by atoms with E-state index in [-0.39, 0.29) is 39.6 Å². The summed E-state index contributed by atoms with van der Waals surface area (Å²) in [6, 6.07) is 2.13. The number of carbonyl (C=O) groups excluding carboxylic acids is 1. The van der Waals surface area contributed by atoms with Crippen LogP contribution in [0.2, 0.25) is 10.0 Å². The summed E-state index contributed by atoms with van der Waals surface area (Å²) in [5, 5.41) is 19.0. The van der Waals surface area contributed by atoms with Crippen LogP contribution in [-0.4, -0.2) is 17.0 Å². The number of rotatable bonds is 2. The Morgan fingerprint density at radius 2 is 1.80 bits per heavy atom. The maximum Gasteiger partial charge on any atom is 1.00 e. The maximum atomic E-state index is 10.6. The topological polar surface area (TPSA) is 77.4 Å². The second kappa shape index (κ2) is 5.72. The van der Waals surface area contributed by atoms with E-state index in [9.17, 15) is 14.7 Å². The van der Waals surface area contributed by atoms with E-state index in [4.69, 9.17) is 28.3 Å². The van der Waals surface area contributed by atoms with Crippen LogP contribution in [0, 0.1) is 0 Å². The largest absolute Gasteiger partial charge is 1.00 e. The molecule has 0 aromatic heterocycles. The number of aromatic carboxylic acids is 2. The van der Waals surface area contributed by atoms with Gasteiger partial charge >= 0.3 is 35.5 Å². The molecule has 1 aromatic rings. The van der Waals surface area contributed by atoms with Gasteiger partial charge in [-0.15, -0.1) is 0 Å². The van der Waals surface area contributed by atoms with Crippen molar-refractivity contribution in [3.05, 3.63) is 33.3 Å². The Morgan fingerprint density at radius 1 is 1.27 bits per heavy atom. The molecule has 0 aliphatic rings. The summed E-state index contributed by atoms with van der Waals surface area (Å²) in [5.74, 6) is -3.07. The van der Waals surface area contributed by atoms with E-state index in [2.05, 4.69) is 0 Å². The average molecular weight is 257 g/mol. The fourth-order valence-electron chi connectivity index (χ4n) is 0.952. The number of carboxylic acid groups (broad SMARTS) is 2. The number of hydrogen-bond acceptors (Lipinski definition) is 3. The van der Waals surface area contributed by atoms with Crippen molar-refractivity contribution in [1.82, 2.24) is 0 Å². The standard InChI is InChI=1S/C8H4Cl2O4.Na/c9-3-1-4(7(11)12)6(8(13)14)5(10)2-3;/h1-2H,(H,11,12)(H,13,14);/q;+1/p-1. The van der Waals surface area contributed by atoms with Gasteiger partial charge in [-0.2, -0.15) is 0 Å². The zero-order chi connectivity index (χ0) is 10.9. The second-order valence-corrected chi connectivity index (χ2v) is 3.25. The van der Waals surface area contributed by atoms with Gasteiger partial charge in [-0.25, -0.2) is 4.79 Å². The van der Waals surface area contributed by atoms with E-state index in [0.29, 0.717) is 0 Å². The Kier molecular flexibility index (Phi) is 5.62. The molecule has 0 atom stereocenters. The van der Waals surface area contributed by atoms with Crippen molar-refractivity contribution in [2.24, 2.45) is 0 Å². The summed E-state index contributed by atoms with van der Waals surface area (Å²) in [4.78, 5) is 21.2. The van der Waals surface area contributed by atoms with E-state index in [1.54, 1.807) is 0 Å². The fraction of sp³-hybridized carbons (Fsp3) is 0. The van der Waals surface area contributed by atoms with Gasteiger partial charge in [-0.3, -0.25) is 0 Å². The third-order valence-corrected chi connectivity index (χ3v) is 2.01. The summed E-state index contributed by atoms with van der Waals surface area (Å²) < 4.78 is 0. The van der Waals surface area contributed by atoms with Gasteiger partial charge in [-0.05, 0) is 12.1 Å². The molecule has 74 valence electrons. The number of carboxylic acids is 2. The molecule has 0 heterocycles. The van der Waals surface area contributed by atoms with Gasteiger partial charge in [0.25, 0.3) is 0 Å². The first-order valence-electron chi connectivity index (χ1n) is 3.37. The minimum Gasteiger partial charge on any atom is -0.545 e. The summed E-state index contributed by atoms with van der Waals surface area (Å²) in [6.45, 7) is 0. The molecule has 0 saturated heterocycles. The molecule has 7 heteroatoms. The number of hydrogen-bond donors (Lipinski definition) is 1. The molecule has 0 unspecified atom stereocenters. The summed E-state index contributed by atoms with van der Waals surface area (Å²) in [7, 11) is 0. The second-order valence-electron chi connectivity index (χ2n) is 2.40. The molecule has 0 radical (unpaired) electrons. The van der Waals surface area contributed by atoms with Gasteiger partial charge in [-0.1, -0.05) is 23.2 Å². The SMILES string of the molecule is O=C([O-])c1cc(Cl)cc(Cl)c1C(=O)O.[Na+]. The predicted octanol–water partition coefficient (Wildman–Crippen LogP) is -1.94. The fourth-order valence-corrected chi connectivity index (χ4v) is 1.53. The minimum atomic E-state index is -1.63. The molecule has 1 N–H and O–H groups in total. The Balaban J connectivity index is 0.00000196. The zero-order valence-corrected chi connectivity index (χ0v) is 11.1. The molecule has 0 aliphatic heterocycles. The van der Waals surface area contributed by atoms with Crippen LogP contribution in [0.5, 0.6) is 0 Å². The Hall–Kier alpha value is -0.260. The summed E-state index contributed by atoms with van der Waals surface area (Å²) >= 11 is 11.0. The van der Waals surface area contributed by atoms with Crippen molar-refractivity contribution in [2.45, 2.75) is 0 Å². The van der Waals surface area contributed by atoms with Gasteiger partial charge in [0.1, 0.15) is 0 Å². The number of carbonyl (C=O) groups is 2. The Labute approximate surface area is 117 Å². The normalized spacial score (nSPS) is 9.20. The Morgan fingerprint density at radius 3 is 2.20 bits per heavy atom. The quantitative estimate of drug-likeness (QED) is 0.625. The third kappa shape index (κ3) is 3.36. The molecular formula is C8H3Cl2NaO4. The third-order valence-electron chi connectivity index (χ3n) is 1.49. The molecule has 0 aliphatic carbocycles. The molecular weight excluding hydrogens is 254 g/mol. The summed E-state index contributed by atoms with van der Waals surface area (Å²) in [6.07, 6.45) is 0. The molecule has 0 fully saturated rings. The van der Waals surface area contributed by atoms with E-state index in [1.807, 2.05) is 0 Å². The van der Waals surface area contributed by atoms with Crippen molar-refractivity contribution in [1.29, 1.82) is 0 Å². The first kappa shape index (κ1) is 14.7. The van der Waals surface area contributed by atoms with Crippen LogP contribution in [0.4, 0.5) is 0 Å². The average Bonchev–Trinajstić information content (AvgIpc) is 2.01. The van der Waals surface area contributed by atoms with Crippen LogP contribution in [0.1, 0.15) is 20.7 Å². The van der Waals surface area contributed by atoms with E-state index in [1.165, 1.54) is 0 Å². The van der Waals surface area contributed by atoms with Crippen molar-refractivity contribution < 1.29 is 49.4 Å². The first-order chi connectivity index (χ1) is 6.43. The van der Waals surface area contributed by atoms with Gasteiger partial charge in [0, 0.05) is 10.6 Å². The molecule has 0 bridgehead atoms. The van der Waals surface area contributed by atoms with Gasteiger partial charge in [0.15, 0.2) is 0 Å². The maximum absolute atomic E-state index is 10.6. The van der Waals surface area contributed by atoms with E-state index >= 15 is 0 Å². The van der Waals surface area contributed by atoms with Gasteiger partial charge < -0.3 is 15.0 Å². The molecule has 0 saturated carbocycles. The minimum absolute atomic E-state index is 0. The van der Waals surface area contributed by atoms with Crippen LogP contribution in [0.25, 0.3) is 0 Å². The summed E-state index contributed by atoms with van der Waals surface area (Å²) in [5.41, 5.74) is -1.05. The zero-order valence-electron chi connectivity index (χ0n) is 7.58. The molecule has 1 aromatic carbocycles. The van der Waals surface area contributed by atoms with Crippen molar-refractivity contribution in [3.63, 3.8) is 0 Å². The molecule has 4 nitrogen and oxygen atoms in total. The van der Waals surface area contributed by atoms with E-state index in [0.717, 1.165) is 12.1 Å². The van der Waals surface area contributed by atoms with Crippen molar-refractivity contribution >= 4 is 35.1 Å². The number of halogens is 2. The molecule has 0 amide bonds. The molecule has 1 rings (SSSR count). The van der Waals surface area contributed by atoms with Gasteiger partial charge in [0.05, 0.1) is 16.6 Å². The monoisotopic (exact) mass is 256 g/mol. The van der Waals surface area contributed by atoms with Crippen LogP contribution >= 0.6 is 23.2 Å². The van der Waals surface area contributed by atoms with Crippen LogP contribution in [0.15, 0.2) is 12.1 Å². The molecule has 0 spiro atoms. The smallest absolute Gasteiger partial charge is 0.545 e. The van der Waals surface area contributed by atoms with Crippen molar-refractivity contribution in [3.8, 4) is 0 Å². The Bertz CT molecular complexity index is 419. The first-order valence-corrected chi connectivity index (χ1v) is 4.12. The predicted molar refractivity (Wildman–Crippen MR) is 47.8 cm³/mol. The van der Waals surface area contributed by atoms with Crippen LogP contribution in [0.3, 0.4) is 0 Å². The van der Waals surface area contributed by atoms with Crippen LogP contribution < -0.4 is 34.7 Å². The van der Waals surface area contributed by atoms with Crippen molar-refractivity contribution in [2.75, 3.05) is 0 Å². The number of benzene rings is 1. The van der Waals surface area contributed by atoms with Gasteiger partial charge in [0.2, 0.25) is 0 Å².